The molecule has 2 aromatic carbocycles. The topological polar surface area (TPSA) is 52.7 Å². The molecule has 0 unspecified atom stereocenters. The Kier molecular flexibility index (Phi) is 4.86. The first-order valence-corrected chi connectivity index (χ1v) is 9.46. The Morgan fingerprint density at radius 1 is 1.11 bits per heavy atom. The maximum absolute atomic E-state index is 14.5. The van der Waals surface area contributed by atoms with Crippen molar-refractivity contribution < 1.29 is 14.0 Å². The number of imide groups is 1. The average molecular weight is 379 g/mol. The predicted molar refractivity (Wildman–Crippen MR) is 106 cm³/mol. The quantitative estimate of drug-likeness (QED) is 0.649. The number of halogens is 1. The zero-order valence-electron chi connectivity index (χ0n) is 15.7. The van der Waals surface area contributed by atoms with Crippen LogP contribution in [0, 0.1) is 12.7 Å². The van der Waals surface area contributed by atoms with E-state index in [9.17, 15) is 14.0 Å². The molecule has 0 aromatic heterocycles. The van der Waals surface area contributed by atoms with E-state index in [4.69, 9.17) is 0 Å². The van der Waals surface area contributed by atoms with Crippen LogP contribution in [0.5, 0.6) is 0 Å². The molecular formula is C22H22FN3O2. The van der Waals surface area contributed by atoms with Crippen LogP contribution in [0.4, 0.5) is 14.9 Å². The van der Waals surface area contributed by atoms with Gasteiger partial charge in [-0.25, -0.2) is 9.18 Å². The fourth-order valence-electron chi connectivity index (χ4n) is 3.70. The van der Waals surface area contributed by atoms with Crippen molar-refractivity contribution in [2.45, 2.75) is 26.3 Å². The summed E-state index contributed by atoms with van der Waals surface area (Å²) in [6.07, 6.45) is 3.67. The molecule has 2 aliphatic rings. The van der Waals surface area contributed by atoms with Crippen LogP contribution in [0.15, 0.2) is 48.2 Å². The van der Waals surface area contributed by atoms with Gasteiger partial charge in [-0.3, -0.25) is 9.69 Å². The molecule has 1 N–H and O–H groups in total. The summed E-state index contributed by atoms with van der Waals surface area (Å²) in [6, 6.07) is 12.1. The third-order valence-electron chi connectivity index (χ3n) is 5.11. The van der Waals surface area contributed by atoms with Crippen LogP contribution >= 0.6 is 0 Å². The third kappa shape index (κ3) is 3.63. The molecule has 0 radical (unpaired) electrons. The van der Waals surface area contributed by atoms with Gasteiger partial charge >= 0.3 is 6.03 Å². The Morgan fingerprint density at radius 3 is 2.61 bits per heavy atom. The highest BCUT2D eigenvalue weighted by molar-refractivity contribution is 6.13. The summed E-state index contributed by atoms with van der Waals surface area (Å²) >= 11 is 0. The summed E-state index contributed by atoms with van der Waals surface area (Å²) in [5, 5.41) is 2.59. The molecule has 28 heavy (non-hydrogen) atoms. The van der Waals surface area contributed by atoms with Crippen LogP contribution < -0.4 is 10.2 Å². The van der Waals surface area contributed by atoms with E-state index in [0.717, 1.165) is 42.0 Å². The number of hydrogen-bond donors (Lipinski definition) is 1. The van der Waals surface area contributed by atoms with Gasteiger partial charge in [-0.05, 0) is 49.1 Å². The Balaban J connectivity index is 1.53. The van der Waals surface area contributed by atoms with E-state index in [2.05, 4.69) is 5.32 Å². The summed E-state index contributed by atoms with van der Waals surface area (Å²) in [5.74, 6) is -0.722. The molecule has 2 heterocycles. The molecule has 144 valence electrons. The van der Waals surface area contributed by atoms with E-state index >= 15 is 0 Å². The molecule has 0 bridgehead atoms. The van der Waals surface area contributed by atoms with Gasteiger partial charge in [0.25, 0.3) is 5.91 Å². The minimum Gasteiger partial charge on any atom is -0.369 e. The zero-order valence-corrected chi connectivity index (χ0v) is 15.7. The number of nitrogens with zero attached hydrogens (tertiary/aromatic N) is 2. The van der Waals surface area contributed by atoms with Gasteiger partial charge in [-0.15, -0.1) is 0 Å². The van der Waals surface area contributed by atoms with Crippen molar-refractivity contribution in [3.63, 3.8) is 0 Å². The van der Waals surface area contributed by atoms with Gasteiger partial charge in [-0.1, -0.05) is 35.9 Å². The fraction of sp³-hybridized carbons (Fsp3) is 0.273. The van der Waals surface area contributed by atoms with Crippen LogP contribution in [0.2, 0.25) is 0 Å². The maximum Gasteiger partial charge on any atom is 0.329 e. The van der Waals surface area contributed by atoms with Crippen LogP contribution in [-0.2, 0) is 11.3 Å². The molecule has 4 rings (SSSR count). The Morgan fingerprint density at radius 2 is 1.89 bits per heavy atom. The first-order valence-electron chi connectivity index (χ1n) is 9.46. The average Bonchev–Trinajstić information content (AvgIpc) is 3.27. The molecule has 2 saturated heterocycles. The molecule has 2 fully saturated rings. The lowest BCUT2D eigenvalue weighted by atomic mass is 10.1. The van der Waals surface area contributed by atoms with Crippen molar-refractivity contribution in [2.75, 3.05) is 18.0 Å². The number of benzene rings is 2. The van der Waals surface area contributed by atoms with Gasteiger partial charge in [0.1, 0.15) is 11.5 Å². The van der Waals surface area contributed by atoms with Crippen molar-refractivity contribution in [3.8, 4) is 0 Å². The number of nitrogens with one attached hydrogen (secondary N) is 1. The highest BCUT2D eigenvalue weighted by Crippen LogP contribution is 2.26. The van der Waals surface area contributed by atoms with Crippen molar-refractivity contribution in [1.29, 1.82) is 0 Å². The Bertz CT molecular complexity index is 964. The lowest BCUT2D eigenvalue weighted by Crippen LogP contribution is -2.30. The number of amides is 3. The molecule has 0 aliphatic carbocycles. The first-order chi connectivity index (χ1) is 13.5. The standard InChI is InChI=1S/C22H22FN3O2/c1-15-5-4-6-17(11-15)14-26-21(27)19(24-22(26)28)13-16-7-8-20(18(23)12-16)25-9-2-3-10-25/h4-8,11-13H,2-3,9-10,14H2,1H3,(H,24,28)/b19-13+. The summed E-state index contributed by atoms with van der Waals surface area (Å²) in [4.78, 5) is 28.1. The molecule has 5 nitrogen and oxygen atoms in total. The van der Waals surface area contributed by atoms with Crippen LogP contribution in [0.25, 0.3) is 6.08 Å². The van der Waals surface area contributed by atoms with Crippen molar-refractivity contribution in [1.82, 2.24) is 10.2 Å². The van der Waals surface area contributed by atoms with Gasteiger partial charge in [0.15, 0.2) is 0 Å². The van der Waals surface area contributed by atoms with Crippen LogP contribution in [0.1, 0.15) is 29.5 Å². The molecule has 6 heteroatoms. The van der Waals surface area contributed by atoms with Gasteiger partial charge in [-0.2, -0.15) is 0 Å². The SMILES string of the molecule is Cc1cccc(CN2C(=O)N/C(=C/c3ccc(N4CCCC4)c(F)c3)C2=O)c1. The van der Waals surface area contributed by atoms with E-state index in [-0.39, 0.29) is 18.1 Å². The molecular weight excluding hydrogens is 357 g/mol. The van der Waals surface area contributed by atoms with Gasteiger partial charge in [0.2, 0.25) is 0 Å². The van der Waals surface area contributed by atoms with Crippen LogP contribution in [-0.4, -0.2) is 29.9 Å². The van der Waals surface area contributed by atoms with Gasteiger partial charge in [0, 0.05) is 13.1 Å². The number of carbonyl (C=O) groups is 2. The van der Waals surface area contributed by atoms with E-state index in [1.165, 1.54) is 12.1 Å². The van der Waals surface area contributed by atoms with E-state index in [1.807, 2.05) is 36.1 Å². The number of anilines is 1. The molecule has 0 saturated carbocycles. The number of aryl methyl sites for hydroxylation is 1. The van der Waals surface area contributed by atoms with E-state index < -0.39 is 11.9 Å². The summed E-state index contributed by atoms with van der Waals surface area (Å²) in [5.41, 5.74) is 3.23. The summed E-state index contributed by atoms with van der Waals surface area (Å²) in [7, 11) is 0. The largest absolute Gasteiger partial charge is 0.369 e. The van der Waals surface area contributed by atoms with E-state index in [0.29, 0.717) is 11.3 Å². The summed E-state index contributed by atoms with van der Waals surface area (Å²) in [6.45, 7) is 3.88. The van der Waals surface area contributed by atoms with Gasteiger partial charge < -0.3 is 10.2 Å². The van der Waals surface area contributed by atoms with Gasteiger partial charge in [0.05, 0.1) is 12.2 Å². The normalized spacial score (nSPS) is 18.3. The lowest BCUT2D eigenvalue weighted by molar-refractivity contribution is -0.123. The second-order valence-electron chi connectivity index (χ2n) is 7.27. The molecule has 3 amide bonds. The zero-order chi connectivity index (χ0) is 19.7. The molecule has 0 atom stereocenters. The first kappa shape index (κ1) is 18.2. The molecule has 2 aliphatic heterocycles. The fourth-order valence-corrected chi connectivity index (χ4v) is 3.70. The minimum atomic E-state index is -0.466. The Hall–Kier alpha value is -3.15. The smallest absolute Gasteiger partial charge is 0.329 e. The molecule has 0 spiro atoms. The highest BCUT2D eigenvalue weighted by atomic mass is 19.1. The van der Waals surface area contributed by atoms with E-state index in [1.54, 1.807) is 12.1 Å². The van der Waals surface area contributed by atoms with Crippen molar-refractivity contribution in [2.24, 2.45) is 0 Å². The maximum atomic E-state index is 14.5. The number of hydrogen-bond acceptors (Lipinski definition) is 3. The number of urea groups is 1. The predicted octanol–water partition coefficient (Wildman–Crippen LogP) is 3.83. The van der Waals surface area contributed by atoms with Crippen molar-refractivity contribution in [3.05, 3.63) is 70.7 Å². The number of carbonyl (C=O) groups excluding carboxylic acids is 2. The summed E-state index contributed by atoms with van der Waals surface area (Å²) < 4.78 is 14.5. The second kappa shape index (κ2) is 7.46. The van der Waals surface area contributed by atoms with Crippen molar-refractivity contribution >= 4 is 23.7 Å². The molecule has 2 aromatic rings. The van der Waals surface area contributed by atoms with Crippen LogP contribution in [0.3, 0.4) is 0 Å². The number of rotatable bonds is 4. The third-order valence-corrected chi connectivity index (χ3v) is 5.11. The lowest BCUT2D eigenvalue weighted by Gasteiger charge is -2.18. The minimum absolute atomic E-state index is 0.158. The monoisotopic (exact) mass is 379 g/mol. The second-order valence-corrected chi connectivity index (χ2v) is 7.27. The Labute approximate surface area is 163 Å². The highest BCUT2D eigenvalue weighted by Gasteiger charge is 2.33.